The van der Waals surface area contributed by atoms with E-state index in [1.165, 1.54) is 11.3 Å². The molecule has 0 aliphatic rings. The topological polar surface area (TPSA) is 38.3 Å². The van der Waals surface area contributed by atoms with E-state index in [2.05, 4.69) is 21.2 Å². The van der Waals surface area contributed by atoms with Crippen molar-refractivity contribution in [2.24, 2.45) is 0 Å². The number of halogens is 1. The predicted octanol–water partition coefficient (Wildman–Crippen LogP) is 3.49. The van der Waals surface area contributed by atoms with Crippen molar-refractivity contribution in [1.29, 1.82) is 0 Å². The van der Waals surface area contributed by atoms with Crippen LogP contribution in [-0.4, -0.2) is 19.6 Å². The smallest absolute Gasteiger partial charge is 0.262 e. The first kappa shape index (κ1) is 14.1. The fourth-order valence-corrected chi connectivity index (χ4v) is 3.15. The molecule has 0 saturated heterocycles. The van der Waals surface area contributed by atoms with Gasteiger partial charge in [-0.3, -0.25) is 4.79 Å². The maximum Gasteiger partial charge on any atom is 0.262 e. The van der Waals surface area contributed by atoms with Crippen molar-refractivity contribution in [2.45, 2.75) is 6.42 Å². The minimum atomic E-state index is -0.0372. The molecule has 3 nitrogen and oxygen atoms in total. The zero-order chi connectivity index (χ0) is 13.7. The van der Waals surface area contributed by atoms with Gasteiger partial charge in [0.05, 0.1) is 7.11 Å². The van der Waals surface area contributed by atoms with Crippen molar-refractivity contribution in [1.82, 2.24) is 5.32 Å². The highest BCUT2D eigenvalue weighted by molar-refractivity contribution is 9.10. The minimum absolute atomic E-state index is 0.0372. The maximum absolute atomic E-state index is 11.9. The highest BCUT2D eigenvalue weighted by Crippen LogP contribution is 2.22. The van der Waals surface area contributed by atoms with E-state index in [1.807, 2.05) is 35.7 Å². The van der Waals surface area contributed by atoms with Crippen molar-refractivity contribution in [3.63, 3.8) is 0 Å². The summed E-state index contributed by atoms with van der Waals surface area (Å²) in [6.07, 6.45) is 0.784. The van der Waals surface area contributed by atoms with Crippen LogP contribution in [0.5, 0.6) is 5.75 Å². The van der Waals surface area contributed by atoms with Gasteiger partial charge in [-0.25, -0.2) is 0 Å². The Bertz CT molecular complexity index is 568. The van der Waals surface area contributed by atoms with Crippen LogP contribution in [0.3, 0.4) is 0 Å². The van der Waals surface area contributed by atoms with Crippen LogP contribution in [0, 0.1) is 0 Å². The molecule has 5 heteroatoms. The van der Waals surface area contributed by atoms with E-state index in [0.717, 1.165) is 22.2 Å². The molecule has 2 aromatic rings. The first-order valence-electron chi connectivity index (χ1n) is 5.85. The number of hydrogen-bond acceptors (Lipinski definition) is 3. The fraction of sp³-hybridized carbons (Fsp3) is 0.214. The van der Waals surface area contributed by atoms with Crippen molar-refractivity contribution in [3.8, 4) is 5.75 Å². The Balaban J connectivity index is 1.86. The normalized spacial score (nSPS) is 10.2. The average Bonchev–Trinajstić information content (AvgIpc) is 2.85. The van der Waals surface area contributed by atoms with Gasteiger partial charge in [0, 0.05) is 11.0 Å². The Morgan fingerprint density at radius 3 is 2.95 bits per heavy atom. The second-order valence-corrected chi connectivity index (χ2v) is 5.73. The van der Waals surface area contributed by atoms with E-state index in [1.54, 1.807) is 7.11 Å². The number of ether oxygens (including phenoxy) is 1. The third kappa shape index (κ3) is 3.81. The van der Waals surface area contributed by atoms with Crippen LogP contribution < -0.4 is 10.1 Å². The van der Waals surface area contributed by atoms with Gasteiger partial charge < -0.3 is 10.1 Å². The molecule has 0 aliphatic carbocycles. The summed E-state index contributed by atoms with van der Waals surface area (Å²) in [5.41, 5.74) is 1.14. The lowest BCUT2D eigenvalue weighted by atomic mass is 10.1. The van der Waals surface area contributed by atoms with Crippen molar-refractivity contribution >= 4 is 33.2 Å². The molecule has 1 heterocycles. The van der Waals surface area contributed by atoms with Gasteiger partial charge in [0.25, 0.3) is 5.91 Å². The largest absolute Gasteiger partial charge is 0.497 e. The van der Waals surface area contributed by atoms with Crippen LogP contribution in [-0.2, 0) is 6.42 Å². The summed E-state index contributed by atoms with van der Waals surface area (Å²) in [6.45, 7) is 0.607. The number of hydrogen-bond donors (Lipinski definition) is 1. The molecule has 1 N–H and O–H groups in total. The molecule has 2 rings (SSSR count). The maximum atomic E-state index is 11.9. The van der Waals surface area contributed by atoms with Crippen molar-refractivity contribution in [2.75, 3.05) is 13.7 Å². The third-order valence-electron chi connectivity index (χ3n) is 2.66. The standard InChI is InChI=1S/C14H14BrNO2S/c1-18-11-4-2-3-10(9-11)5-7-16-14(17)13-12(15)6-8-19-13/h2-4,6,8-9H,5,7H2,1H3,(H,16,17). The second kappa shape index (κ2) is 6.73. The van der Waals surface area contributed by atoms with Crippen molar-refractivity contribution < 1.29 is 9.53 Å². The number of thiophene rings is 1. The molecule has 0 radical (unpaired) electrons. The molecular weight excluding hydrogens is 326 g/mol. The van der Waals surface area contributed by atoms with Gasteiger partial charge in [0.15, 0.2) is 0 Å². The van der Waals surface area contributed by atoms with Gasteiger partial charge in [0.1, 0.15) is 10.6 Å². The highest BCUT2D eigenvalue weighted by atomic mass is 79.9. The first-order valence-corrected chi connectivity index (χ1v) is 7.52. The summed E-state index contributed by atoms with van der Waals surface area (Å²) in [4.78, 5) is 12.6. The number of carbonyl (C=O) groups excluding carboxylic acids is 1. The Labute approximate surface area is 124 Å². The van der Waals surface area contributed by atoms with Crippen LogP contribution in [0.25, 0.3) is 0 Å². The van der Waals surface area contributed by atoms with Crippen molar-refractivity contribution in [3.05, 3.63) is 50.6 Å². The summed E-state index contributed by atoms with van der Waals surface area (Å²) in [7, 11) is 1.65. The lowest BCUT2D eigenvalue weighted by molar-refractivity contribution is 0.0957. The molecule has 0 unspecified atom stereocenters. The quantitative estimate of drug-likeness (QED) is 0.905. The molecule has 0 atom stereocenters. The molecule has 1 aromatic carbocycles. The summed E-state index contributed by atoms with van der Waals surface area (Å²) in [6, 6.07) is 9.74. The molecule has 0 bridgehead atoms. The first-order chi connectivity index (χ1) is 9.20. The van der Waals surface area contributed by atoms with E-state index >= 15 is 0 Å². The number of nitrogens with one attached hydrogen (secondary N) is 1. The zero-order valence-corrected chi connectivity index (χ0v) is 12.9. The zero-order valence-electron chi connectivity index (χ0n) is 10.5. The van der Waals surface area contributed by atoms with E-state index in [4.69, 9.17) is 4.74 Å². The summed E-state index contributed by atoms with van der Waals surface area (Å²) < 4.78 is 6.01. The molecule has 1 amide bonds. The highest BCUT2D eigenvalue weighted by Gasteiger charge is 2.10. The van der Waals surface area contributed by atoms with Crippen LogP contribution >= 0.6 is 27.3 Å². The summed E-state index contributed by atoms with van der Waals surface area (Å²) in [5.74, 6) is 0.801. The Morgan fingerprint density at radius 1 is 1.42 bits per heavy atom. The molecule has 1 aromatic heterocycles. The van der Waals surface area contributed by atoms with Gasteiger partial charge in [-0.2, -0.15) is 0 Å². The van der Waals surface area contributed by atoms with Crippen LogP contribution in [0.1, 0.15) is 15.2 Å². The number of benzene rings is 1. The van der Waals surface area contributed by atoms with Gasteiger partial charge in [-0.15, -0.1) is 11.3 Å². The lowest BCUT2D eigenvalue weighted by Crippen LogP contribution is -2.25. The Hall–Kier alpha value is -1.33. The van der Waals surface area contributed by atoms with E-state index < -0.39 is 0 Å². The third-order valence-corrected chi connectivity index (χ3v) is 4.49. The van der Waals surface area contributed by atoms with Gasteiger partial charge >= 0.3 is 0 Å². The molecular formula is C14H14BrNO2S. The SMILES string of the molecule is COc1cccc(CCNC(=O)c2sccc2Br)c1. The average molecular weight is 340 g/mol. The predicted molar refractivity (Wildman–Crippen MR) is 81.1 cm³/mol. The number of amides is 1. The van der Waals surface area contributed by atoms with Crippen LogP contribution in [0.15, 0.2) is 40.2 Å². The van der Waals surface area contributed by atoms with Crippen LogP contribution in [0.2, 0.25) is 0 Å². The summed E-state index contributed by atoms with van der Waals surface area (Å²) in [5, 5.41) is 4.80. The molecule has 0 fully saturated rings. The number of carbonyl (C=O) groups is 1. The minimum Gasteiger partial charge on any atom is -0.497 e. The molecule has 100 valence electrons. The number of methoxy groups -OCH3 is 1. The van der Waals surface area contributed by atoms with Gasteiger partial charge in [0.2, 0.25) is 0 Å². The van der Waals surface area contributed by atoms with E-state index in [0.29, 0.717) is 11.4 Å². The summed E-state index contributed by atoms with van der Waals surface area (Å²) >= 11 is 4.79. The number of rotatable bonds is 5. The van der Waals surface area contributed by atoms with E-state index in [9.17, 15) is 4.79 Å². The van der Waals surface area contributed by atoms with E-state index in [-0.39, 0.29) is 5.91 Å². The molecule has 0 aliphatic heterocycles. The Morgan fingerprint density at radius 2 is 2.26 bits per heavy atom. The van der Waals surface area contributed by atoms with Gasteiger partial charge in [-0.1, -0.05) is 12.1 Å². The van der Waals surface area contributed by atoms with Gasteiger partial charge in [-0.05, 0) is 51.5 Å². The Kier molecular flexibility index (Phi) is 4.99. The fourth-order valence-electron chi connectivity index (χ4n) is 1.68. The molecule has 0 saturated carbocycles. The lowest BCUT2D eigenvalue weighted by Gasteiger charge is -2.06. The monoisotopic (exact) mass is 339 g/mol. The second-order valence-electron chi connectivity index (χ2n) is 3.96. The molecule has 19 heavy (non-hydrogen) atoms. The molecule has 0 spiro atoms. The van der Waals surface area contributed by atoms with Crippen LogP contribution in [0.4, 0.5) is 0 Å².